The second-order valence-electron chi connectivity index (χ2n) is 7.80. The Bertz CT molecular complexity index is 244. The fraction of sp³-hybridized carbons (Fsp3) is 1.00. The molecule has 0 amide bonds. The normalized spacial score (nSPS) is 28.9. The van der Waals surface area contributed by atoms with Crippen molar-refractivity contribution in [3.63, 3.8) is 0 Å². The van der Waals surface area contributed by atoms with Crippen LogP contribution >= 0.6 is 24.8 Å². The van der Waals surface area contributed by atoms with Gasteiger partial charge in [-0.05, 0) is 101 Å². The van der Waals surface area contributed by atoms with Gasteiger partial charge in [-0.3, -0.25) is 0 Å². The Morgan fingerprint density at radius 2 is 0.727 bits per heavy atom. The standard InChI is InChI=1S/C18H34N2.2ClH/c1-3-15(4-1)11-19-13-17-7-9-18(10-8-17)14-20-12-16-5-2-6-16;;/h15-20H,1-14H2;2*1H. The number of rotatable bonds is 8. The second kappa shape index (κ2) is 11.1. The third-order valence-corrected chi connectivity index (χ3v) is 6.15. The van der Waals surface area contributed by atoms with Crippen molar-refractivity contribution in [1.82, 2.24) is 10.6 Å². The summed E-state index contributed by atoms with van der Waals surface area (Å²) in [5.41, 5.74) is 0. The molecule has 0 unspecified atom stereocenters. The lowest BCUT2D eigenvalue weighted by atomic mass is 9.81. The van der Waals surface area contributed by atoms with Crippen LogP contribution in [0.15, 0.2) is 0 Å². The largest absolute Gasteiger partial charge is 0.316 e. The summed E-state index contributed by atoms with van der Waals surface area (Å²) < 4.78 is 0. The predicted molar refractivity (Wildman–Crippen MR) is 100 cm³/mol. The molecule has 0 radical (unpaired) electrons. The van der Waals surface area contributed by atoms with Crippen molar-refractivity contribution in [1.29, 1.82) is 0 Å². The van der Waals surface area contributed by atoms with Crippen LogP contribution in [-0.2, 0) is 0 Å². The van der Waals surface area contributed by atoms with Crippen LogP contribution in [0.4, 0.5) is 0 Å². The Morgan fingerprint density at radius 1 is 0.455 bits per heavy atom. The zero-order valence-electron chi connectivity index (χ0n) is 14.0. The van der Waals surface area contributed by atoms with Crippen LogP contribution in [0, 0.1) is 23.7 Å². The first kappa shape index (κ1) is 20.5. The molecular formula is C18H36Cl2N2. The van der Waals surface area contributed by atoms with E-state index in [1.54, 1.807) is 0 Å². The lowest BCUT2D eigenvalue weighted by Crippen LogP contribution is -2.35. The molecule has 0 bridgehead atoms. The van der Waals surface area contributed by atoms with Gasteiger partial charge in [0.2, 0.25) is 0 Å². The highest BCUT2D eigenvalue weighted by atomic mass is 35.5. The topological polar surface area (TPSA) is 24.1 Å². The van der Waals surface area contributed by atoms with Gasteiger partial charge in [0.1, 0.15) is 0 Å². The molecule has 2 nitrogen and oxygen atoms in total. The lowest BCUT2D eigenvalue weighted by Gasteiger charge is -2.31. The molecule has 3 saturated carbocycles. The average molecular weight is 351 g/mol. The van der Waals surface area contributed by atoms with Gasteiger partial charge in [0, 0.05) is 0 Å². The average Bonchev–Trinajstić information content (AvgIpc) is 2.37. The maximum Gasteiger partial charge on any atom is -0.00204 e. The molecule has 3 fully saturated rings. The van der Waals surface area contributed by atoms with Crippen LogP contribution in [0.3, 0.4) is 0 Å². The van der Waals surface area contributed by atoms with Crippen LogP contribution < -0.4 is 10.6 Å². The molecule has 0 spiro atoms. The highest BCUT2D eigenvalue weighted by molar-refractivity contribution is 5.85. The monoisotopic (exact) mass is 350 g/mol. The Kier molecular flexibility index (Phi) is 10.4. The molecule has 0 aromatic heterocycles. The molecule has 3 rings (SSSR count). The summed E-state index contributed by atoms with van der Waals surface area (Å²) in [4.78, 5) is 0. The summed E-state index contributed by atoms with van der Waals surface area (Å²) in [5, 5.41) is 7.46. The minimum Gasteiger partial charge on any atom is -0.316 e. The Balaban J connectivity index is 0.00000121. The van der Waals surface area contributed by atoms with Gasteiger partial charge in [0.25, 0.3) is 0 Å². The van der Waals surface area contributed by atoms with Crippen LogP contribution in [0.1, 0.15) is 64.2 Å². The molecule has 3 aliphatic rings. The van der Waals surface area contributed by atoms with E-state index in [0.29, 0.717) is 0 Å². The quantitative estimate of drug-likeness (QED) is 0.677. The van der Waals surface area contributed by atoms with E-state index in [9.17, 15) is 0 Å². The number of halogens is 2. The highest BCUT2D eigenvalue weighted by Gasteiger charge is 2.23. The van der Waals surface area contributed by atoms with E-state index in [1.165, 1.54) is 90.4 Å². The van der Waals surface area contributed by atoms with Crippen molar-refractivity contribution in [2.24, 2.45) is 23.7 Å². The molecule has 22 heavy (non-hydrogen) atoms. The molecule has 2 N–H and O–H groups in total. The van der Waals surface area contributed by atoms with Gasteiger partial charge in [0.05, 0.1) is 0 Å². The highest BCUT2D eigenvalue weighted by Crippen LogP contribution is 2.29. The van der Waals surface area contributed by atoms with E-state index in [1.807, 2.05) is 0 Å². The zero-order chi connectivity index (χ0) is 13.6. The summed E-state index contributed by atoms with van der Waals surface area (Å²) in [6.07, 6.45) is 14.7. The van der Waals surface area contributed by atoms with Gasteiger partial charge in [-0.25, -0.2) is 0 Å². The predicted octanol–water partition coefficient (Wildman–Crippen LogP) is 4.42. The third-order valence-electron chi connectivity index (χ3n) is 6.15. The van der Waals surface area contributed by atoms with E-state index in [4.69, 9.17) is 0 Å². The van der Waals surface area contributed by atoms with Crippen molar-refractivity contribution in [2.75, 3.05) is 26.2 Å². The molecule has 0 atom stereocenters. The summed E-state index contributed by atoms with van der Waals surface area (Å²) in [6, 6.07) is 0. The molecule has 0 aromatic carbocycles. The number of nitrogens with one attached hydrogen (secondary N) is 2. The summed E-state index contributed by atoms with van der Waals surface area (Å²) in [6.45, 7) is 5.17. The Labute approximate surface area is 149 Å². The van der Waals surface area contributed by atoms with E-state index in [2.05, 4.69) is 10.6 Å². The van der Waals surface area contributed by atoms with Gasteiger partial charge in [0.15, 0.2) is 0 Å². The molecule has 0 aromatic rings. The molecule has 132 valence electrons. The zero-order valence-corrected chi connectivity index (χ0v) is 15.7. The minimum atomic E-state index is 0. The van der Waals surface area contributed by atoms with Gasteiger partial charge in [-0.1, -0.05) is 12.8 Å². The fourth-order valence-electron chi connectivity index (χ4n) is 4.02. The Hall–Kier alpha value is 0.500. The molecule has 3 aliphatic carbocycles. The molecule has 0 aliphatic heterocycles. The van der Waals surface area contributed by atoms with E-state index in [-0.39, 0.29) is 24.8 Å². The van der Waals surface area contributed by atoms with Crippen molar-refractivity contribution in [2.45, 2.75) is 64.2 Å². The molecule has 4 heteroatoms. The lowest BCUT2D eigenvalue weighted by molar-refractivity contribution is 0.236. The van der Waals surface area contributed by atoms with Gasteiger partial charge >= 0.3 is 0 Å². The van der Waals surface area contributed by atoms with Crippen molar-refractivity contribution < 1.29 is 0 Å². The van der Waals surface area contributed by atoms with Crippen molar-refractivity contribution >= 4 is 24.8 Å². The first-order chi connectivity index (χ1) is 9.90. The number of hydrogen-bond acceptors (Lipinski definition) is 2. The third kappa shape index (κ3) is 6.55. The molecule has 0 saturated heterocycles. The fourth-order valence-corrected chi connectivity index (χ4v) is 4.02. The first-order valence-corrected chi connectivity index (χ1v) is 9.31. The summed E-state index contributed by atoms with van der Waals surface area (Å²) >= 11 is 0. The van der Waals surface area contributed by atoms with E-state index in [0.717, 1.165) is 23.7 Å². The minimum absolute atomic E-state index is 0. The maximum atomic E-state index is 3.73. The first-order valence-electron chi connectivity index (χ1n) is 9.31. The SMILES string of the molecule is C1CC(CNCC2CCC(CNCC3CCC3)CC2)C1.Cl.Cl. The maximum absolute atomic E-state index is 3.73. The van der Waals surface area contributed by atoms with Crippen LogP contribution in [-0.4, -0.2) is 26.2 Å². The van der Waals surface area contributed by atoms with Crippen molar-refractivity contribution in [3.8, 4) is 0 Å². The van der Waals surface area contributed by atoms with E-state index >= 15 is 0 Å². The number of hydrogen-bond donors (Lipinski definition) is 2. The van der Waals surface area contributed by atoms with Crippen LogP contribution in [0.2, 0.25) is 0 Å². The van der Waals surface area contributed by atoms with Crippen molar-refractivity contribution in [3.05, 3.63) is 0 Å². The smallest absolute Gasteiger partial charge is 0.00204 e. The molecular weight excluding hydrogens is 315 g/mol. The van der Waals surface area contributed by atoms with Gasteiger partial charge in [-0.2, -0.15) is 0 Å². The van der Waals surface area contributed by atoms with Crippen LogP contribution in [0.25, 0.3) is 0 Å². The summed E-state index contributed by atoms with van der Waals surface area (Å²) in [5.74, 6) is 3.97. The van der Waals surface area contributed by atoms with Gasteiger partial charge in [-0.15, -0.1) is 24.8 Å². The second-order valence-corrected chi connectivity index (χ2v) is 7.80. The summed E-state index contributed by atoms with van der Waals surface area (Å²) in [7, 11) is 0. The van der Waals surface area contributed by atoms with Crippen LogP contribution in [0.5, 0.6) is 0 Å². The van der Waals surface area contributed by atoms with E-state index < -0.39 is 0 Å². The Morgan fingerprint density at radius 3 is 0.955 bits per heavy atom. The molecule has 0 heterocycles. The van der Waals surface area contributed by atoms with Gasteiger partial charge < -0.3 is 10.6 Å².